The number of methoxy groups -OCH3 is 1. The molecule has 3 amide bonds. The number of anilines is 3. The van der Waals surface area contributed by atoms with Gasteiger partial charge in [-0.15, -0.1) is 11.3 Å². The van der Waals surface area contributed by atoms with Gasteiger partial charge in [-0.2, -0.15) is 0 Å². The number of hydrogen-bond donors (Lipinski definition) is 0. The van der Waals surface area contributed by atoms with Gasteiger partial charge in [0.1, 0.15) is 5.75 Å². The summed E-state index contributed by atoms with van der Waals surface area (Å²) in [4.78, 5) is 54.6. The molecule has 1 aromatic heterocycles. The summed E-state index contributed by atoms with van der Waals surface area (Å²) in [7, 11) is -4.26. The highest BCUT2D eigenvalue weighted by Crippen LogP contribution is 2.38. The Morgan fingerprint density at radius 2 is 0.818 bits per heavy atom. The fraction of sp³-hybridized carbons (Fsp3) is 0.420. The summed E-state index contributed by atoms with van der Waals surface area (Å²) < 4.78 is 42.1. The quantitative estimate of drug-likeness (QED) is 0.122. The largest absolute Gasteiger partial charge is 0.496 e. The van der Waals surface area contributed by atoms with E-state index in [1.165, 1.54) is 4.88 Å². The Morgan fingerprint density at radius 3 is 1.17 bits per heavy atom. The van der Waals surface area contributed by atoms with Crippen LogP contribution in [0.1, 0.15) is 78.2 Å². The van der Waals surface area contributed by atoms with Gasteiger partial charge in [0.2, 0.25) is 17.7 Å². The molecule has 0 radical (unpaired) electrons. The Balaban J connectivity index is 0.000000146. The monoisotopic (exact) mass is 1310 g/mol. The van der Waals surface area contributed by atoms with Crippen molar-refractivity contribution in [2.75, 3.05) is 115 Å². The first-order valence-electron chi connectivity index (χ1n) is 30.7. The van der Waals surface area contributed by atoms with Crippen LogP contribution in [0.2, 0.25) is 10.0 Å². The lowest BCUT2D eigenvalue weighted by atomic mass is 9.96. The smallest absolute Gasteiger partial charge is 0.226 e. The van der Waals surface area contributed by atoms with Gasteiger partial charge < -0.3 is 34.1 Å². The second-order valence-electron chi connectivity index (χ2n) is 24.4. The lowest BCUT2D eigenvalue weighted by Gasteiger charge is -2.44. The van der Waals surface area contributed by atoms with E-state index in [4.69, 9.17) is 27.9 Å². The number of carbonyl (C=O) groups excluding carboxylic acids is 3. The van der Waals surface area contributed by atoms with Crippen LogP contribution in [0.25, 0.3) is 0 Å². The van der Waals surface area contributed by atoms with Gasteiger partial charge in [-0.05, 0) is 186 Å². The number of nitrogens with zero attached hydrogens (tertiary/aromatic N) is 6. The van der Waals surface area contributed by atoms with Crippen molar-refractivity contribution >= 4 is 115 Å². The van der Waals surface area contributed by atoms with Gasteiger partial charge in [0.05, 0.1) is 25.2 Å². The van der Waals surface area contributed by atoms with Crippen LogP contribution >= 0.6 is 34.5 Å². The summed E-state index contributed by atoms with van der Waals surface area (Å²) in [6, 6.07) is 46.8. The second kappa shape index (κ2) is 28.9. The third kappa shape index (κ3) is 16.3. The summed E-state index contributed by atoms with van der Waals surface area (Å²) >= 11 is 13.8. The predicted molar refractivity (Wildman–Crippen MR) is 371 cm³/mol. The van der Waals surface area contributed by atoms with E-state index in [0.717, 1.165) is 88.8 Å². The maximum absolute atomic E-state index is 13.5. The molecular weight excluding hydrogens is 1220 g/mol. The SMILES string of the molecule is C=S1(=O)CCC(C(=O)N2CCN(c3ccc(Cl)cc3)CC2c2ccccc2)CC1.C=S1(=O)CCC(C(=O)N2CCN(c3ccc(Cl)cc3)CC2c2cccs2)CC1.C=S1(=O)CCC(C(=O)N2CCN(c3ccc(OC)c(C)c3)CC2c2ccccc2)CC1. The highest BCUT2D eigenvalue weighted by Gasteiger charge is 2.40. The van der Waals surface area contributed by atoms with Crippen LogP contribution in [0.4, 0.5) is 17.1 Å². The van der Waals surface area contributed by atoms with E-state index < -0.39 is 28.6 Å². The minimum Gasteiger partial charge on any atom is -0.496 e. The van der Waals surface area contributed by atoms with Crippen molar-refractivity contribution in [2.45, 2.75) is 63.6 Å². The van der Waals surface area contributed by atoms with Crippen molar-refractivity contribution in [1.29, 1.82) is 0 Å². The number of aryl methyl sites for hydroxylation is 1. The van der Waals surface area contributed by atoms with E-state index in [0.29, 0.717) is 92.7 Å². The number of rotatable bonds is 10. The molecule has 19 heteroatoms. The molecule has 6 aliphatic rings. The van der Waals surface area contributed by atoms with Gasteiger partial charge in [0.15, 0.2) is 0 Å². The zero-order chi connectivity index (χ0) is 62.2. The number of amides is 3. The van der Waals surface area contributed by atoms with Gasteiger partial charge in [-0.1, -0.05) is 89.9 Å². The van der Waals surface area contributed by atoms with Crippen LogP contribution in [-0.2, 0) is 42.9 Å². The van der Waals surface area contributed by atoms with Crippen LogP contribution in [-0.4, -0.2) is 163 Å². The van der Waals surface area contributed by atoms with Gasteiger partial charge in [-0.3, -0.25) is 27.0 Å². The highest BCUT2D eigenvalue weighted by atomic mass is 35.5. The zero-order valence-electron chi connectivity index (χ0n) is 50.7. The maximum Gasteiger partial charge on any atom is 0.226 e. The molecule has 12 rings (SSSR count). The summed E-state index contributed by atoms with van der Waals surface area (Å²) in [6.07, 6.45) is 4.10. The normalized spacial score (nSPS) is 27.5. The molecule has 13 nitrogen and oxygen atoms in total. The highest BCUT2D eigenvalue weighted by molar-refractivity contribution is 8.00. The third-order valence-electron chi connectivity index (χ3n) is 18.4. The summed E-state index contributed by atoms with van der Waals surface area (Å²) in [6.45, 7) is 8.75. The van der Waals surface area contributed by atoms with Crippen molar-refractivity contribution < 1.29 is 31.7 Å². The Morgan fingerprint density at radius 1 is 0.466 bits per heavy atom. The molecule has 88 heavy (non-hydrogen) atoms. The van der Waals surface area contributed by atoms with E-state index in [9.17, 15) is 27.0 Å². The Kier molecular flexibility index (Phi) is 21.4. The number of carbonyl (C=O) groups is 3. The van der Waals surface area contributed by atoms with Crippen LogP contribution in [0.5, 0.6) is 5.75 Å². The maximum atomic E-state index is 13.5. The van der Waals surface area contributed by atoms with Gasteiger partial charge in [0.25, 0.3) is 0 Å². The molecule has 6 saturated heterocycles. The molecule has 0 spiro atoms. The van der Waals surface area contributed by atoms with E-state index in [1.807, 2.05) is 102 Å². The molecule has 470 valence electrons. The molecule has 3 unspecified atom stereocenters. The fourth-order valence-electron chi connectivity index (χ4n) is 13.2. The first-order chi connectivity index (χ1) is 42.2. The first-order valence-corrected chi connectivity index (χ1v) is 38.5. The minimum atomic E-state index is -1.99. The first kappa shape index (κ1) is 65.0. The van der Waals surface area contributed by atoms with Crippen LogP contribution in [0.3, 0.4) is 0 Å². The van der Waals surface area contributed by atoms with E-state index in [1.54, 1.807) is 18.4 Å². The van der Waals surface area contributed by atoms with Crippen molar-refractivity contribution in [3.8, 4) is 5.75 Å². The lowest BCUT2D eigenvalue weighted by Crippen LogP contribution is -2.53. The third-order valence-corrected chi connectivity index (χ3v) is 25.8. The molecule has 6 fully saturated rings. The topological polar surface area (TPSA) is 131 Å². The number of hydrogen-bond acceptors (Lipinski definition) is 11. The van der Waals surface area contributed by atoms with Crippen LogP contribution < -0.4 is 19.4 Å². The summed E-state index contributed by atoms with van der Waals surface area (Å²) in [5.74, 6) is 16.3. The molecular formula is C69H84Cl2N6O7S4. The minimum absolute atomic E-state index is 0.000776. The van der Waals surface area contributed by atoms with Crippen molar-refractivity contribution in [2.24, 2.45) is 17.8 Å². The molecule has 6 aromatic rings. The number of benzene rings is 5. The van der Waals surface area contributed by atoms with Gasteiger partial charge in [0, 0.05) is 143 Å². The molecule has 3 atom stereocenters. The number of piperazine rings is 3. The summed E-state index contributed by atoms with van der Waals surface area (Å²) in [5.41, 5.74) is 6.82. The van der Waals surface area contributed by atoms with Crippen LogP contribution in [0, 0.1) is 24.7 Å². The predicted octanol–water partition coefficient (Wildman–Crippen LogP) is 11.3. The molecule has 0 saturated carbocycles. The molecule has 0 aliphatic carbocycles. The molecule has 6 aliphatic heterocycles. The summed E-state index contributed by atoms with van der Waals surface area (Å²) in [5, 5.41) is 3.52. The van der Waals surface area contributed by atoms with Gasteiger partial charge >= 0.3 is 0 Å². The molecule has 7 heterocycles. The Bertz CT molecular complexity index is 3650. The molecule has 0 bridgehead atoms. The Hall–Kier alpha value is -5.95. The number of halogens is 2. The van der Waals surface area contributed by atoms with E-state index in [-0.39, 0.29) is 53.6 Å². The second-order valence-corrected chi connectivity index (χ2v) is 34.5. The number of thiophene rings is 1. The van der Waals surface area contributed by atoms with E-state index in [2.05, 4.69) is 96.9 Å². The molecule has 0 N–H and O–H groups in total. The number of ether oxygens (including phenoxy) is 1. The molecule has 5 aromatic carbocycles. The van der Waals surface area contributed by atoms with Crippen molar-refractivity contribution in [1.82, 2.24) is 14.7 Å². The lowest BCUT2D eigenvalue weighted by molar-refractivity contribution is -0.139. The van der Waals surface area contributed by atoms with Crippen molar-refractivity contribution in [3.05, 3.63) is 177 Å². The zero-order valence-corrected chi connectivity index (χ0v) is 55.5. The average Bonchev–Trinajstić information content (AvgIpc) is 3.08. The standard InChI is InChI=1S/C25H32N2O3S.C23H27ClN2O2S.C21H25ClN2O2S2/c1-19-17-22(9-10-24(19)30-2)26-13-14-27(23(18-26)20-7-5-4-6-8-20)25(28)21-11-15-31(3,29)16-12-21;1-29(28)15-11-19(12-16-29)23(27)26-14-13-25(21-9-7-20(24)8-10-21)17-22(26)18-5-3-2-4-6-18;1-28(26)13-8-16(9-14-28)21(25)24-11-10-23(18-6-4-17(22)5-7-18)15-19(24)20-3-2-12-27-20/h4-10,17,21,23H,3,11-16,18H2,1-2H3;2-10,19,22H,1,11-17H2;2-7,12,16,19H,1,8-11,13-15H2. The van der Waals surface area contributed by atoms with Gasteiger partial charge in [-0.25, -0.2) is 0 Å². The van der Waals surface area contributed by atoms with Crippen molar-refractivity contribution in [3.63, 3.8) is 0 Å². The average molecular weight is 1310 g/mol. The van der Waals surface area contributed by atoms with Crippen LogP contribution in [0.15, 0.2) is 145 Å². The fourth-order valence-corrected chi connectivity index (χ4v) is 19.2. The van der Waals surface area contributed by atoms with E-state index >= 15 is 0 Å². The Labute approximate surface area is 537 Å².